The Balaban J connectivity index is 2.42. The van der Waals surface area contributed by atoms with Gasteiger partial charge in [0.25, 0.3) is 0 Å². The number of rotatable bonds is 6. The Morgan fingerprint density at radius 3 is 2.53 bits per heavy atom. The number of methoxy groups -OCH3 is 1. The fourth-order valence-corrected chi connectivity index (χ4v) is 1.50. The molecule has 0 aliphatic rings. The molecule has 0 bridgehead atoms. The first-order chi connectivity index (χ1) is 7.26. The van der Waals surface area contributed by atoms with Crippen LogP contribution in [0.2, 0.25) is 0 Å². The lowest BCUT2D eigenvalue weighted by molar-refractivity contribution is 0.285. The van der Waals surface area contributed by atoms with E-state index in [-0.39, 0.29) is 6.61 Å². The third-order valence-corrected chi connectivity index (χ3v) is 2.31. The summed E-state index contributed by atoms with van der Waals surface area (Å²) in [5, 5.41) is 11.9. The molecule has 0 fully saturated rings. The van der Waals surface area contributed by atoms with Crippen LogP contribution in [-0.4, -0.2) is 31.4 Å². The number of nitrogens with one attached hydrogen (secondary N) is 1. The van der Waals surface area contributed by atoms with Gasteiger partial charge in [-0.1, -0.05) is 12.1 Å². The van der Waals surface area contributed by atoms with E-state index in [4.69, 9.17) is 9.84 Å². The van der Waals surface area contributed by atoms with Crippen molar-refractivity contribution in [3.8, 4) is 5.75 Å². The SMILES string of the molecule is COc1ccc(C[C@H](C)NCCO)cc1. The molecular weight excluding hydrogens is 190 g/mol. The van der Waals surface area contributed by atoms with Gasteiger partial charge in [0, 0.05) is 12.6 Å². The molecule has 3 nitrogen and oxygen atoms in total. The van der Waals surface area contributed by atoms with Gasteiger partial charge in [-0.2, -0.15) is 0 Å². The van der Waals surface area contributed by atoms with Gasteiger partial charge in [0.15, 0.2) is 0 Å². The maximum absolute atomic E-state index is 8.67. The van der Waals surface area contributed by atoms with E-state index in [2.05, 4.69) is 24.4 Å². The molecule has 0 radical (unpaired) electrons. The van der Waals surface area contributed by atoms with Crippen molar-refractivity contribution in [1.82, 2.24) is 5.32 Å². The van der Waals surface area contributed by atoms with Crippen LogP contribution in [0, 0.1) is 0 Å². The summed E-state index contributed by atoms with van der Waals surface area (Å²) in [5.41, 5.74) is 1.27. The van der Waals surface area contributed by atoms with Gasteiger partial charge in [0.05, 0.1) is 13.7 Å². The molecule has 1 rings (SSSR count). The molecular formula is C12H19NO2. The molecule has 0 aliphatic heterocycles. The summed E-state index contributed by atoms with van der Waals surface area (Å²) < 4.78 is 5.09. The van der Waals surface area contributed by atoms with Crippen molar-refractivity contribution < 1.29 is 9.84 Å². The average molecular weight is 209 g/mol. The lowest BCUT2D eigenvalue weighted by Gasteiger charge is -2.12. The molecule has 0 aliphatic carbocycles. The fourth-order valence-electron chi connectivity index (χ4n) is 1.50. The van der Waals surface area contributed by atoms with Crippen LogP contribution in [0.25, 0.3) is 0 Å². The quantitative estimate of drug-likeness (QED) is 0.740. The van der Waals surface area contributed by atoms with Gasteiger partial charge >= 0.3 is 0 Å². The molecule has 0 saturated heterocycles. The van der Waals surface area contributed by atoms with E-state index in [0.717, 1.165) is 12.2 Å². The minimum Gasteiger partial charge on any atom is -0.497 e. The highest BCUT2D eigenvalue weighted by Crippen LogP contribution is 2.12. The lowest BCUT2D eigenvalue weighted by Crippen LogP contribution is -2.30. The zero-order chi connectivity index (χ0) is 11.1. The van der Waals surface area contributed by atoms with Crippen molar-refractivity contribution in [2.45, 2.75) is 19.4 Å². The standard InChI is InChI=1S/C12H19NO2/c1-10(13-7-8-14)9-11-3-5-12(15-2)6-4-11/h3-6,10,13-14H,7-9H2,1-2H3/t10-/m0/s1. The highest BCUT2D eigenvalue weighted by Gasteiger charge is 2.02. The van der Waals surface area contributed by atoms with Gasteiger partial charge in [0.2, 0.25) is 0 Å². The first-order valence-electron chi connectivity index (χ1n) is 5.23. The fraction of sp³-hybridized carbons (Fsp3) is 0.500. The van der Waals surface area contributed by atoms with Crippen molar-refractivity contribution in [3.05, 3.63) is 29.8 Å². The van der Waals surface area contributed by atoms with Crippen LogP contribution in [0.5, 0.6) is 5.75 Å². The molecule has 15 heavy (non-hydrogen) atoms. The molecule has 84 valence electrons. The topological polar surface area (TPSA) is 41.5 Å². The third-order valence-electron chi connectivity index (χ3n) is 2.31. The predicted molar refractivity (Wildman–Crippen MR) is 61.2 cm³/mol. The normalized spacial score (nSPS) is 12.5. The second-order valence-electron chi connectivity index (χ2n) is 3.63. The number of aliphatic hydroxyl groups is 1. The summed E-state index contributed by atoms with van der Waals surface area (Å²) in [6.45, 7) is 2.95. The number of hydrogen-bond donors (Lipinski definition) is 2. The third kappa shape index (κ3) is 4.32. The molecule has 0 saturated carbocycles. The van der Waals surface area contributed by atoms with E-state index in [1.165, 1.54) is 5.56 Å². The van der Waals surface area contributed by atoms with Crippen molar-refractivity contribution in [3.63, 3.8) is 0 Å². The molecule has 1 aromatic carbocycles. The van der Waals surface area contributed by atoms with Crippen LogP contribution in [0.3, 0.4) is 0 Å². The van der Waals surface area contributed by atoms with Crippen LogP contribution in [0.15, 0.2) is 24.3 Å². The number of benzene rings is 1. The van der Waals surface area contributed by atoms with E-state index < -0.39 is 0 Å². The summed E-state index contributed by atoms with van der Waals surface area (Å²) in [4.78, 5) is 0. The molecule has 1 atom stereocenters. The van der Waals surface area contributed by atoms with Crippen LogP contribution in [-0.2, 0) is 6.42 Å². The van der Waals surface area contributed by atoms with Gasteiger partial charge < -0.3 is 15.2 Å². The van der Waals surface area contributed by atoms with Crippen LogP contribution in [0.1, 0.15) is 12.5 Å². The van der Waals surface area contributed by atoms with E-state index >= 15 is 0 Å². The Hall–Kier alpha value is -1.06. The van der Waals surface area contributed by atoms with Crippen molar-refractivity contribution in [1.29, 1.82) is 0 Å². The van der Waals surface area contributed by atoms with Gasteiger partial charge in [-0.05, 0) is 31.0 Å². The molecule has 0 unspecified atom stereocenters. The summed E-state index contributed by atoms with van der Waals surface area (Å²) >= 11 is 0. The first kappa shape index (κ1) is 12.0. The van der Waals surface area contributed by atoms with Crippen molar-refractivity contribution in [2.24, 2.45) is 0 Å². The Labute approximate surface area is 91.1 Å². The Kier molecular flexibility index (Phi) is 5.15. The second-order valence-corrected chi connectivity index (χ2v) is 3.63. The maximum Gasteiger partial charge on any atom is 0.118 e. The van der Waals surface area contributed by atoms with Crippen LogP contribution in [0.4, 0.5) is 0 Å². The zero-order valence-electron chi connectivity index (χ0n) is 9.36. The monoisotopic (exact) mass is 209 g/mol. The minimum absolute atomic E-state index is 0.187. The minimum atomic E-state index is 0.187. The highest BCUT2D eigenvalue weighted by atomic mass is 16.5. The smallest absolute Gasteiger partial charge is 0.118 e. The Bertz CT molecular complexity index is 271. The summed E-state index contributed by atoms with van der Waals surface area (Å²) in [6, 6.07) is 8.44. The summed E-state index contributed by atoms with van der Waals surface area (Å²) in [6.07, 6.45) is 0.962. The van der Waals surface area contributed by atoms with E-state index in [0.29, 0.717) is 12.6 Å². The predicted octanol–water partition coefficient (Wildman–Crippen LogP) is 1.21. The zero-order valence-corrected chi connectivity index (χ0v) is 9.36. The highest BCUT2D eigenvalue weighted by molar-refractivity contribution is 5.27. The van der Waals surface area contributed by atoms with Crippen LogP contribution >= 0.6 is 0 Å². The second kappa shape index (κ2) is 6.43. The Morgan fingerprint density at radius 2 is 2.00 bits per heavy atom. The molecule has 3 heteroatoms. The summed E-state index contributed by atoms with van der Waals surface area (Å²) in [5.74, 6) is 0.884. The van der Waals surface area contributed by atoms with E-state index in [1.54, 1.807) is 7.11 Å². The van der Waals surface area contributed by atoms with Gasteiger partial charge in [0.1, 0.15) is 5.75 Å². The van der Waals surface area contributed by atoms with Crippen molar-refractivity contribution in [2.75, 3.05) is 20.3 Å². The van der Waals surface area contributed by atoms with Crippen LogP contribution < -0.4 is 10.1 Å². The average Bonchev–Trinajstić information content (AvgIpc) is 2.27. The van der Waals surface area contributed by atoms with Gasteiger partial charge in [-0.15, -0.1) is 0 Å². The molecule has 0 amide bonds. The van der Waals surface area contributed by atoms with Gasteiger partial charge in [-0.25, -0.2) is 0 Å². The lowest BCUT2D eigenvalue weighted by atomic mass is 10.1. The molecule has 0 aromatic heterocycles. The Morgan fingerprint density at radius 1 is 1.33 bits per heavy atom. The molecule has 0 spiro atoms. The molecule has 1 aromatic rings. The van der Waals surface area contributed by atoms with E-state index in [1.807, 2.05) is 12.1 Å². The maximum atomic E-state index is 8.67. The first-order valence-corrected chi connectivity index (χ1v) is 5.23. The largest absolute Gasteiger partial charge is 0.497 e. The number of ether oxygens (including phenoxy) is 1. The van der Waals surface area contributed by atoms with Gasteiger partial charge in [-0.3, -0.25) is 0 Å². The summed E-state index contributed by atoms with van der Waals surface area (Å²) in [7, 11) is 1.67. The number of hydrogen-bond acceptors (Lipinski definition) is 3. The molecule has 0 heterocycles. The molecule has 2 N–H and O–H groups in total. The number of aliphatic hydroxyl groups excluding tert-OH is 1. The van der Waals surface area contributed by atoms with Crippen molar-refractivity contribution >= 4 is 0 Å². The van der Waals surface area contributed by atoms with E-state index in [9.17, 15) is 0 Å².